The number of carbonyl (C=O) groups is 1. The number of hydrogen-bond donors (Lipinski definition) is 1. The third-order valence-electron chi connectivity index (χ3n) is 3.19. The number of nitrogens with one attached hydrogen (secondary N) is 1. The molecule has 1 aromatic rings. The maximum absolute atomic E-state index is 13.6. The van der Waals surface area contributed by atoms with E-state index in [1.807, 2.05) is 0 Å². The summed E-state index contributed by atoms with van der Waals surface area (Å²) in [5.74, 6) is -1.19. The van der Waals surface area contributed by atoms with E-state index >= 15 is 0 Å². The zero-order valence-corrected chi connectivity index (χ0v) is 11.2. The molecule has 0 aliphatic heterocycles. The molecule has 0 spiro atoms. The van der Waals surface area contributed by atoms with Crippen molar-refractivity contribution in [2.24, 2.45) is 5.92 Å². The number of nitrogens with zero attached hydrogens (tertiary/aromatic N) is 1. The summed E-state index contributed by atoms with van der Waals surface area (Å²) in [5, 5.41) is 11.7. The molecule has 94 valence electrons. The van der Waals surface area contributed by atoms with E-state index in [0.29, 0.717) is 4.47 Å². The van der Waals surface area contributed by atoms with Crippen molar-refractivity contribution < 1.29 is 9.18 Å². The molecule has 1 N–H and O–H groups in total. The maximum atomic E-state index is 13.6. The summed E-state index contributed by atoms with van der Waals surface area (Å²) in [4.78, 5) is 12.0. The average molecular weight is 311 g/mol. The van der Waals surface area contributed by atoms with Gasteiger partial charge in [-0.15, -0.1) is 0 Å². The topological polar surface area (TPSA) is 52.9 Å². The van der Waals surface area contributed by atoms with Crippen molar-refractivity contribution in [3.63, 3.8) is 0 Å². The van der Waals surface area contributed by atoms with Crippen LogP contribution in [0.3, 0.4) is 0 Å². The number of carbonyl (C=O) groups excluding carboxylic acids is 1. The van der Waals surface area contributed by atoms with E-state index in [9.17, 15) is 9.18 Å². The van der Waals surface area contributed by atoms with Crippen LogP contribution in [0.1, 0.15) is 29.6 Å². The molecule has 1 saturated carbocycles. The van der Waals surface area contributed by atoms with Crippen molar-refractivity contribution in [3.05, 3.63) is 34.1 Å². The highest BCUT2D eigenvalue weighted by molar-refractivity contribution is 9.10. The average Bonchev–Trinajstić information content (AvgIpc) is 2.76. The fourth-order valence-corrected chi connectivity index (χ4v) is 2.76. The molecule has 1 fully saturated rings. The highest BCUT2D eigenvalue weighted by Gasteiger charge is 2.29. The second-order valence-electron chi connectivity index (χ2n) is 4.34. The van der Waals surface area contributed by atoms with Crippen LogP contribution in [0, 0.1) is 23.1 Å². The second-order valence-corrected chi connectivity index (χ2v) is 5.20. The van der Waals surface area contributed by atoms with Crippen LogP contribution < -0.4 is 5.32 Å². The van der Waals surface area contributed by atoms with Gasteiger partial charge in [0, 0.05) is 10.5 Å². The summed E-state index contributed by atoms with van der Waals surface area (Å²) in [6.45, 7) is 0. The van der Waals surface area contributed by atoms with E-state index in [4.69, 9.17) is 5.26 Å². The molecular formula is C13H12BrFN2O. The van der Waals surface area contributed by atoms with Crippen LogP contribution >= 0.6 is 15.9 Å². The molecule has 1 aliphatic carbocycles. The third-order valence-corrected chi connectivity index (χ3v) is 3.85. The molecule has 18 heavy (non-hydrogen) atoms. The first kappa shape index (κ1) is 13.0. The maximum Gasteiger partial charge on any atom is 0.255 e. The number of hydrogen-bond acceptors (Lipinski definition) is 2. The molecule has 2 atom stereocenters. The molecule has 0 aromatic heterocycles. The van der Waals surface area contributed by atoms with Gasteiger partial charge in [0.15, 0.2) is 0 Å². The van der Waals surface area contributed by atoms with Crippen molar-refractivity contribution in [3.8, 4) is 6.07 Å². The number of halogens is 2. The zero-order chi connectivity index (χ0) is 13.1. The quantitative estimate of drug-likeness (QED) is 0.913. The number of nitriles is 1. The smallest absolute Gasteiger partial charge is 0.255 e. The van der Waals surface area contributed by atoms with E-state index < -0.39 is 11.7 Å². The van der Waals surface area contributed by atoms with Gasteiger partial charge in [0.05, 0.1) is 17.6 Å². The van der Waals surface area contributed by atoms with Crippen LogP contribution in [0.2, 0.25) is 0 Å². The van der Waals surface area contributed by atoms with Gasteiger partial charge in [-0.1, -0.05) is 6.07 Å². The SMILES string of the molecule is N#C[C@@H]1CCC[C@H]1NC(=O)c1c(F)cccc1Br. The standard InChI is InChI=1S/C13H12BrFN2O/c14-9-4-2-5-10(15)12(9)13(18)17-11-6-1-3-8(11)7-16/h2,4-5,8,11H,1,3,6H2,(H,17,18)/t8-,11+/m0/s1. The predicted octanol–water partition coefficient (Wildman–Crippen LogP) is 3.01. The Hall–Kier alpha value is -1.41. The Labute approximate surface area is 113 Å². The number of benzene rings is 1. The van der Waals surface area contributed by atoms with Crippen LogP contribution in [0.15, 0.2) is 22.7 Å². The summed E-state index contributed by atoms with van der Waals surface area (Å²) in [6, 6.07) is 6.40. The second kappa shape index (κ2) is 5.49. The summed E-state index contributed by atoms with van der Waals surface area (Å²) in [6.07, 6.45) is 2.48. The molecule has 1 aliphatic rings. The van der Waals surface area contributed by atoms with Gasteiger partial charge < -0.3 is 5.32 Å². The minimum Gasteiger partial charge on any atom is -0.348 e. The van der Waals surface area contributed by atoms with Crippen LogP contribution in [-0.4, -0.2) is 11.9 Å². The van der Waals surface area contributed by atoms with Gasteiger partial charge in [-0.25, -0.2) is 4.39 Å². The summed E-state index contributed by atoms with van der Waals surface area (Å²) >= 11 is 3.16. The molecule has 1 aromatic carbocycles. The third kappa shape index (κ3) is 2.54. The van der Waals surface area contributed by atoms with Gasteiger partial charge in [-0.3, -0.25) is 4.79 Å². The molecule has 0 unspecified atom stereocenters. The van der Waals surface area contributed by atoms with Crippen molar-refractivity contribution in [2.75, 3.05) is 0 Å². The number of amides is 1. The first-order valence-corrected chi connectivity index (χ1v) is 6.57. The molecule has 0 heterocycles. The Bertz CT molecular complexity index is 492. The summed E-state index contributed by atoms with van der Waals surface area (Å²) in [7, 11) is 0. The molecule has 0 saturated heterocycles. The van der Waals surface area contributed by atoms with Gasteiger partial charge >= 0.3 is 0 Å². The van der Waals surface area contributed by atoms with Crippen molar-refractivity contribution >= 4 is 21.8 Å². The van der Waals surface area contributed by atoms with E-state index in [-0.39, 0.29) is 17.5 Å². The summed E-state index contributed by atoms with van der Waals surface area (Å²) in [5.41, 5.74) is 0.00101. The van der Waals surface area contributed by atoms with Gasteiger partial charge in [0.2, 0.25) is 0 Å². The molecule has 5 heteroatoms. The Morgan fingerprint density at radius 2 is 2.28 bits per heavy atom. The minimum absolute atomic E-state index is 0.00101. The van der Waals surface area contributed by atoms with Crippen LogP contribution in [-0.2, 0) is 0 Å². The Morgan fingerprint density at radius 1 is 1.50 bits per heavy atom. The molecule has 0 bridgehead atoms. The highest BCUT2D eigenvalue weighted by atomic mass is 79.9. The molecular weight excluding hydrogens is 299 g/mol. The Kier molecular flexibility index (Phi) is 3.97. The monoisotopic (exact) mass is 310 g/mol. The zero-order valence-electron chi connectivity index (χ0n) is 9.62. The predicted molar refractivity (Wildman–Crippen MR) is 68.3 cm³/mol. The van der Waals surface area contributed by atoms with Crippen molar-refractivity contribution in [1.29, 1.82) is 5.26 Å². The lowest BCUT2D eigenvalue weighted by atomic mass is 10.1. The van der Waals surface area contributed by atoms with E-state index in [1.165, 1.54) is 12.1 Å². The molecule has 3 nitrogen and oxygen atoms in total. The Balaban J connectivity index is 2.16. The van der Waals surface area contributed by atoms with Crippen LogP contribution in [0.5, 0.6) is 0 Å². The van der Waals surface area contributed by atoms with E-state index in [2.05, 4.69) is 27.3 Å². The number of rotatable bonds is 2. The van der Waals surface area contributed by atoms with E-state index in [1.54, 1.807) is 6.07 Å². The lowest BCUT2D eigenvalue weighted by molar-refractivity contribution is 0.0928. The van der Waals surface area contributed by atoms with Crippen LogP contribution in [0.4, 0.5) is 4.39 Å². The highest BCUT2D eigenvalue weighted by Crippen LogP contribution is 2.26. The van der Waals surface area contributed by atoms with Gasteiger partial charge in [0.25, 0.3) is 5.91 Å². The summed E-state index contributed by atoms with van der Waals surface area (Å²) < 4.78 is 14.0. The minimum atomic E-state index is -0.562. The van der Waals surface area contributed by atoms with Crippen molar-refractivity contribution in [2.45, 2.75) is 25.3 Å². The fourth-order valence-electron chi connectivity index (χ4n) is 2.24. The molecule has 0 radical (unpaired) electrons. The Morgan fingerprint density at radius 3 is 2.94 bits per heavy atom. The van der Waals surface area contributed by atoms with Gasteiger partial charge in [0.1, 0.15) is 5.82 Å². The molecule has 2 rings (SSSR count). The normalized spacial score (nSPS) is 22.5. The van der Waals surface area contributed by atoms with Crippen LogP contribution in [0.25, 0.3) is 0 Å². The lowest BCUT2D eigenvalue weighted by Gasteiger charge is -2.16. The first-order chi connectivity index (χ1) is 8.63. The fraction of sp³-hybridized carbons (Fsp3) is 0.385. The van der Waals surface area contributed by atoms with Gasteiger partial charge in [-0.05, 0) is 47.3 Å². The first-order valence-electron chi connectivity index (χ1n) is 5.78. The lowest BCUT2D eigenvalue weighted by Crippen LogP contribution is -2.37. The largest absolute Gasteiger partial charge is 0.348 e. The molecule has 1 amide bonds. The van der Waals surface area contributed by atoms with E-state index in [0.717, 1.165) is 19.3 Å². The van der Waals surface area contributed by atoms with Gasteiger partial charge in [-0.2, -0.15) is 5.26 Å². The van der Waals surface area contributed by atoms with Crippen molar-refractivity contribution in [1.82, 2.24) is 5.32 Å².